The van der Waals surface area contributed by atoms with Gasteiger partial charge in [0.15, 0.2) is 0 Å². The Morgan fingerprint density at radius 1 is 1.33 bits per heavy atom. The lowest BCUT2D eigenvalue weighted by atomic mass is 9.72. The van der Waals surface area contributed by atoms with E-state index < -0.39 is 6.10 Å². The number of rotatable bonds is 10. The van der Waals surface area contributed by atoms with Crippen molar-refractivity contribution < 1.29 is 14.9 Å². The molecule has 5 nitrogen and oxygen atoms in total. The number of nitrogens with one attached hydrogen (secondary N) is 1. The van der Waals surface area contributed by atoms with E-state index >= 15 is 0 Å². The number of aliphatic hydroxyl groups excluding tert-OH is 2. The van der Waals surface area contributed by atoms with Crippen LogP contribution in [0.3, 0.4) is 0 Å². The van der Waals surface area contributed by atoms with Crippen molar-refractivity contribution in [2.75, 3.05) is 26.0 Å². The quantitative estimate of drug-likeness (QED) is 0.406. The van der Waals surface area contributed by atoms with Crippen LogP contribution in [-0.2, 0) is 0 Å². The first-order valence-corrected chi connectivity index (χ1v) is 13.7. The third-order valence-electron chi connectivity index (χ3n) is 7.57. The fourth-order valence-corrected chi connectivity index (χ4v) is 7.24. The number of nitrogens with zero attached hydrogens (tertiary/aromatic N) is 1. The number of benzene rings is 1. The van der Waals surface area contributed by atoms with Crippen LogP contribution >= 0.6 is 23.4 Å². The van der Waals surface area contributed by atoms with Gasteiger partial charge in [-0.3, -0.25) is 4.98 Å². The molecule has 182 valence electrons. The highest BCUT2D eigenvalue weighted by molar-refractivity contribution is 7.99. The van der Waals surface area contributed by atoms with Gasteiger partial charge < -0.3 is 20.3 Å². The number of ether oxygens (including phenoxy) is 1. The summed E-state index contributed by atoms with van der Waals surface area (Å²) in [6.45, 7) is 1.08. The zero-order chi connectivity index (χ0) is 23.3. The number of thioether (sulfide) groups is 1. The number of fused-ring (bicyclic) bond motifs is 1. The maximum atomic E-state index is 11.2. The average molecular weight is 493 g/mol. The highest BCUT2D eigenvalue weighted by Crippen LogP contribution is 2.41. The molecule has 0 bridgehead atoms. The zero-order valence-electron chi connectivity index (χ0n) is 19.6. The van der Waals surface area contributed by atoms with Gasteiger partial charge in [0.2, 0.25) is 0 Å². The molecule has 1 aliphatic carbocycles. The van der Waals surface area contributed by atoms with Crippen LogP contribution in [-0.4, -0.2) is 52.5 Å². The van der Waals surface area contributed by atoms with Crippen molar-refractivity contribution in [3.63, 3.8) is 0 Å². The Hall–Kier alpha value is -1.05. The molecule has 1 saturated carbocycles. The lowest BCUT2D eigenvalue weighted by molar-refractivity contribution is 0.0434. The van der Waals surface area contributed by atoms with Gasteiger partial charge in [-0.15, -0.1) is 0 Å². The molecule has 1 aromatic carbocycles. The van der Waals surface area contributed by atoms with E-state index in [1.807, 2.05) is 18.2 Å². The van der Waals surface area contributed by atoms with Gasteiger partial charge in [0.25, 0.3) is 0 Å². The Balaban J connectivity index is 1.39. The number of hydrogen-bond donors (Lipinski definition) is 3. The summed E-state index contributed by atoms with van der Waals surface area (Å²) in [5.74, 6) is 1.90. The van der Waals surface area contributed by atoms with Crippen molar-refractivity contribution in [1.82, 2.24) is 10.3 Å². The van der Waals surface area contributed by atoms with E-state index in [1.54, 1.807) is 13.3 Å². The number of hydrogen-bond acceptors (Lipinski definition) is 6. The summed E-state index contributed by atoms with van der Waals surface area (Å²) in [7, 11) is 1.63. The SMILES string of the molecule is COc1ccc2ncc(Cl)c(C(O)CCC3(CO)CCNC(CCSC4CCCC4)C3)c2c1. The van der Waals surface area contributed by atoms with E-state index in [9.17, 15) is 10.2 Å². The molecule has 1 aromatic heterocycles. The molecule has 2 heterocycles. The summed E-state index contributed by atoms with van der Waals surface area (Å²) in [6, 6.07) is 6.07. The van der Waals surface area contributed by atoms with Crippen LogP contribution in [0.25, 0.3) is 10.9 Å². The van der Waals surface area contributed by atoms with Crippen molar-refractivity contribution in [2.24, 2.45) is 5.41 Å². The second-order valence-electron chi connectivity index (χ2n) is 9.79. The molecule has 7 heteroatoms. The standard InChI is InChI=1S/C26H37ClN2O3S/c1-32-19-6-7-23-21(14-19)25(22(27)16-29-23)24(31)8-10-26(17-30)11-12-28-18(15-26)9-13-33-20-4-2-3-5-20/h6-7,14,16,18,20,24,28,30-31H,2-5,8-13,15,17H2,1H3. The topological polar surface area (TPSA) is 74.6 Å². The second kappa shape index (κ2) is 11.6. The summed E-state index contributed by atoms with van der Waals surface area (Å²) in [4.78, 5) is 4.40. The minimum atomic E-state index is -0.718. The molecule has 0 amide bonds. The highest BCUT2D eigenvalue weighted by atomic mass is 35.5. The molecule has 33 heavy (non-hydrogen) atoms. The first-order valence-electron chi connectivity index (χ1n) is 12.3. The van der Waals surface area contributed by atoms with E-state index in [-0.39, 0.29) is 12.0 Å². The van der Waals surface area contributed by atoms with E-state index in [4.69, 9.17) is 16.3 Å². The van der Waals surface area contributed by atoms with Gasteiger partial charge in [0.05, 0.1) is 23.8 Å². The zero-order valence-corrected chi connectivity index (χ0v) is 21.1. The Kier molecular flexibility index (Phi) is 8.80. The normalized spacial score (nSPS) is 24.9. The maximum Gasteiger partial charge on any atom is 0.119 e. The minimum absolute atomic E-state index is 0.151. The van der Waals surface area contributed by atoms with Crippen LogP contribution in [0.1, 0.15) is 69.5 Å². The van der Waals surface area contributed by atoms with Gasteiger partial charge in [-0.1, -0.05) is 24.4 Å². The predicted molar refractivity (Wildman–Crippen MR) is 137 cm³/mol. The molecule has 0 spiro atoms. The van der Waals surface area contributed by atoms with Crippen molar-refractivity contribution in [3.8, 4) is 5.75 Å². The molecule has 3 unspecified atom stereocenters. The first kappa shape index (κ1) is 25.1. The fourth-order valence-electron chi connectivity index (χ4n) is 5.54. The Morgan fingerprint density at radius 2 is 2.15 bits per heavy atom. The van der Waals surface area contributed by atoms with Crippen LogP contribution in [0.15, 0.2) is 24.4 Å². The fraction of sp³-hybridized carbons (Fsp3) is 0.654. The van der Waals surface area contributed by atoms with Gasteiger partial charge in [0.1, 0.15) is 5.75 Å². The summed E-state index contributed by atoms with van der Waals surface area (Å²) in [5, 5.41) is 27.4. The summed E-state index contributed by atoms with van der Waals surface area (Å²) < 4.78 is 5.37. The lowest BCUT2D eigenvalue weighted by Crippen LogP contribution is -2.46. The average Bonchev–Trinajstić information content (AvgIpc) is 3.36. The number of aromatic nitrogens is 1. The van der Waals surface area contributed by atoms with Crippen LogP contribution in [0.4, 0.5) is 0 Å². The predicted octanol–water partition coefficient (Wildman–Crippen LogP) is 5.51. The van der Waals surface area contributed by atoms with Gasteiger partial charge in [-0.05, 0) is 80.9 Å². The van der Waals surface area contributed by atoms with Gasteiger partial charge >= 0.3 is 0 Å². The molecule has 1 saturated heterocycles. The number of halogens is 1. The third-order valence-corrected chi connectivity index (χ3v) is 9.29. The van der Waals surface area contributed by atoms with Crippen LogP contribution in [0.2, 0.25) is 5.02 Å². The van der Waals surface area contributed by atoms with Crippen molar-refractivity contribution in [3.05, 3.63) is 35.0 Å². The second-order valence-corrected chi connectivity index (χ2v) is 11.6. The maximum absolute atomic E-state index is 11.2. The molecule has 3 N–H and O–H groups in total. The van der Waals surface area contributed by atoms with Crippen molar-refractivity contribution in [1.29, 1.82) is 0 Å². The number of pyridine rings is 1. The summed E-state index contributed by atoms with van der Waals surface area (Å²) in [6.07, 6.45) is 10.8. The van der Waals surface area contributed by atoms with Crippen LogP contribution < -0.4 is 10.1 Å². The van der Waals surface area contributed by atoms with Crippen LogP contribution in [0.5, 0.6) is 5.75 Å². The van der Waals surface area contributed by atoms with E-state index in [1.165, 1.54) is 31.4 Å². The number of methoxy groups -OCH3 is 1. The summed E-state index contributed by atoms with van der Waals surface area (Å²) in [5.41, 5.74) is 1.34. The molecule has 1 aliphatic heterocycles. The molecular formula is C26H37ClN2O3S. The smallest absolute Gasteiger partial charge is 0.119 e. The third kappa shape index (κ3) is 6.15. The molecule has 3 atom stereocenters. The summed E-state index contributed by atoms with van der Waals surface area (Å²) >= 11 is 8.63. The minimum Gasteiger partial charge on any atom is -0.497 e. The Labute approximate surface area is 206 Å². The Morgan fingerprint density at radius 3 is 2.91 bits per heavy atom. The number of piperidine rings is 1. The van der Waals surface area contributed by atoms with Gasteiger partial charge in [0, 0.05) is 35.0 Å². The molecule has 2 fully saturated rings. The first-order chi connectivity index (χ1) is 16.0. The number of aliphatic hydroxyl groups is 2. The van der Waals surface area contributed by atoms with E-state index in [2.05, 4.69) is 22.1 Å². The van der Waals surface area contributed by atoms with Crippen molar-refractivity contribution >= 4 is 34.3 Å². The molecule has 4 rings (SSSR count). The monoisotopic (exact) mass is 492 g/mol. The molecule has 2 aromatic rings. The highest BCUT2D eigenvalue weighted by Gasteiger charge is 2.36. The Bertz CT molecular complexity index is 924. The molecule has 0 radical (unpaired) electrons. The van der Waals surface area contributed by atoms with Gasteiger partial charge in [-0.2, -0.15) is 11.8 Å². The van der Waals surface area contributed by atoms with Gasteiger partial charge in [-0.25, -0.2) is 0 Å². The van der Waals surface area contributed by atoms with E-state index in [0.717, 1.165) is 48.4 Å². The molecule has 2 aliphatic rings. The van der Waals surface area contributed by atoms with Crippen LogP contribution in [0, 0.1) is 5.41 Å². The largest absolute Gasteiger partial charge is 0.497 e. The van der Waals surface area contributed by atoms with Crippen molar-refractivity contribution in [2.45, 2.75) is 75.2 Å². The molecular weight excluding hydrogens is 456 g/mol. The lowest BCUT2D eigenvalue weighted by Gasteiger charge is -2.41. The van der Waals surface area contributed by atoms with E-state index in [0.29, 0.717) is 28.8 Å².